The van der Waals surface area contributed by atoms with Crippen LogP contribution in [-0.2, 0) is 11.2 Å². The van der Waals surface area contributed by atoms with Gasteiger partial charge >= 0.3 is 0 Å². The third kappa shape index (κ3) is 4.30. The molecule has 0 aliphatic carbocycles. The van der Waals surface area contributed by atoms with E-state index in [1.54, 1.807) is 15.9 Å². The fourth-order valence-electron chi connectivity index (χ4n) is 2.89. The second-order valence-corrected chi connectivity index (χ2v) is 6.13. The van der Waals surface area contributed by atoms with Crippen LogP contribution < -0.4 is 10.3 Å². The summed E-state index contributed by atoms with van der Waals surface area (Å²) < 4.78 is 18.6. The number of carbonyl (C=O) groups is 2. The van der Waals surface area contributed by atoms with Gasteiger partial charge in [0.05, 0.1) is 13.5 Å². The van der Waals surface area contributed by atoms with E-state index in [2.05, 4.69) is 10.2 Å². The maximum atomic E-state index is 13.7. The van der Waals surface area contributed by atoms with E-state index in [-0.39, 0.29) is 35.2 Å². The Hall–Kier alpha value is -3.23. The lowest BCUT2D eigenvalue weighted by Crippen LogP contribution is -2.51. The van der Waals surface area contributed by atoms with Crippen molar-refractivity contribution in [2.75, 3.05) is 33.3 Å². The van der Waals surface area contributed by atoms with Crippen LogP contribution in [0.15, 0.2) is 35.1 Å². The zero-order valence-corrected chi connectivity index (χ0v) is 14.8. The van der Waals surface area contributed by atoms with Crippen LogP contribution in [0.3, 0.4) is 0 Å². The molecule has 1 saturated heterocycles. The van der Waals surface area contributed by atoms with Crippen molar-refractivity contribution < 1.29 is 18.7 Å². The summed E-state index contributed by atoms with van der Waals surface area (Å²) in [5.41, 5.74) is 0.342. The number of ether oxygens (including phenoxy) is 1. The van der Waals surface area contributed by atoms with Gasteiger partial charge in [0.1, 0.15) is 5.69 Å². The lowest BCUT2D eigenvalue weighted by atomic mass is 10.1. The number of carbonyl (C=O) groups excluding carboxylic acids is 2. The first kappa shape index (κ1) is 18.6. The summed E-state index contributed by atoms with van der Waals surface area (Å²) in [5.74, 6) is -0.801. The number of methoxy groups -OCH3 is 1. The number of halogens is 1. The van der Waals surface area contributed by atoms with Crippen LogP contribution in [0, 0.1) is 5.82 Å². The lowest BCUT2D eigenvalue weighted by molar-refractivity contribution is -0.131. The first-order chi connectivity index (χ1) is 13.0. The Bertz CT molecular complexity index is 886. The van der Waals surface area contributed by atoms with Crippen LogP contribution in [0.25, 0.3) is 0 Å². The maximum absolute atomic E-state index is 13.7. The SMILES string of the molecule is COc1ccc(CC(=O)N2CCN(C(=O)c3ccc(=O)[nH]n3)CC2)cc1F. The van der Waals surface area contributed by atoms with Crippen LogP contribution in [0.4, 0.5) is 4.39 Å². The van der Waals surface area contributed by atoms with Gasteiger partial charge in [-0.3, -0.25) is 14.4 Å². The zero-order valence-electron chi connectivity index (χ0n) is 14.8. The number of benzene rings is 1. The average molecular weight is 374 g/mol. The van der Waals surface area contributed by atoms with Crippen molar-refractivity contribution >= 4 is 11.8 Å². The summed E-state index contributed by atoms with van der Waals surface area (Å²) in [6, 6.07) is 7.05. The molecule has 1 aliphatic heterocycles. The van der Waals surface area contributed by atoms with Crippen LogP contribution in [0.5, 0.6) is 5.75 Å². The number of piperazine rings is 1. The molecule has 142 valence electrons. The molecule has 1 fully saturated rings. The van der Waals surface area contributed by atoms with Gasteiger partial charge in [-0.2, -0.15) is 5.10 Å². The van der Waals surface area contributed by atoms with Gasteiger partial charge in [-0.05, 0) is 23.8 Å². The normalized spacial score (nSPS) is 14.1. The maximum Gasteiger partial charge on any atom is 0.274 e. The van der Waals surface area contributed by atoms with E-state index in [0.717, 1.165) is 0 Å². The number of rotatable bonds is 4. The van der Waals surface area contributed by atoms with Crippen LogP contribution in [0.1, 0.15) is 16.1 Å². The number of aromatic amines is 1. The van der Waals surface area contributed by atoms with Gasteiger partial charge in [0.2, 0.25) is 5.91 Å². The Kier molecular flexibility index (Phi) is 5.49. The number of hydrogen-bond acceptors (Lipinski definition) is 5. The summed E-state index contributed by atoms with van der Waals surface area (Å²) in [6.45, 7) is 1.49. The Morgan fingerprint density at radius 1 is 1.15 bits per heavy atom. The quantitative estimate of drug-likeness (QED) is 0.838. The third-order valence-corrected chi connectivity index (χ3v) is 4.39. The molecule has 0 atom stereocenters. The predicted molar refractivity (Wildman–Crippen MR) is 94.0 cm³/mol. The summed E-state index contributed by atoms with van der Waals surface area (Å²) >= 11 is 0. The van der Waals surface area contributed by atoms with Gasteiger partial charge in [0.25, 0.3) is 11.5 Å². The van der Waals surface area contributed by atoms with Gasteiger partial charge in [0, 0.05) is 32.2 Å². The summed E-state index contributed by atoms with van der Waals surface area (Å²) in [5, 5.41) is 5.96. The second kappa shape index (κ2) is 7.98. The molecule has 1 aromatic carbocycles. The molecule has 0 unspecified atom stereocenters. The zero-order chi connectivity index (χ0) is 19.4. The van der Waals surface area contributed by atoms with E-state index in [4.69, 9.17) is 4.74 Å². The van der Waals surface area contributed by atoms with Crippen molar-refractivity contribution in [3.05, 3.63) is 57.8 Å². The van der Waals surface area contributed by atoms with E-state index in [1.165, 1.54) is 31.4 Å². The number of hydrogen-bond donors (Lipinski definition) is 1. The highest BCUT2D eigenvalue weighted by molar-refractivity contribution is 5.92. The molecular weight excluding hydrogens is 355 g/mol. The van der Waals surface area contributed by atoms with E-state index < -0.39 is 5.82 Å². The fourth-order valence-corrected chi connectivity index (χ4v) is 2.89. The Labute approximate surface area is 154 Å². The molecule has 0 radical (unpaired) electrons. The number of nitrogens with one attached hydrogen (secondary N) is 1. The van der Waals surface area contributed by atoms with Gasteiger partial charge in [-0.15, -0.1) is 0 Å². The van der Waals surface area contributed by atoms with E-state index in [1.807, 2.05) is 0 Å². The topological polar surface area (TPSA) is 95.6 Å². The smallest absolute Gasteiger partial charge is 0.274 e. The number of aromatic nitrogens is 2. The van der Waals surface area contributed by atoms with Crippen molar-refractivity contribution in [2.45, 2.75) is 6.42 Å². The summed E-state index contributed by atoms with van der Waals surface area (Å²) in [6.07, 6.45) is 0.0797. The summed E-state index contributed by atoms with van der Waals surface area (Å²) in [7, 11) is 1.38. The number of amides is 2. The Morgan fingerprint density at radius 3 is 2.44 bits per heavy atom. The third-order valence-electron chi connectivity index (χ3n) is 4.39. The lowest BCUT2D eigenvalue weighted by Gasteiger charge is -2.34. The molecule has 0 saturated carbocycles. The molecular formula is C18H19FN4O4. The molecule has 2 aromatic rings. The first-order valence-corrected chi connectivity index (χ1v) is 8.43. The van der Waals surface area contributed by atoms with Crippen LogP contribution >= 0.6 is 0 Å². The molecule has 1 aromatic heterocycles. The van der Waals surface area contributed by atoms with Gasteiger partial charge < -0.3 is 14.5 Å². The van der Waals surface area contributed by atoms with Crippen LogP contribution in [-0.4, -0.2) is 65.1 Å². The Balaban J connectivity index is 1.56. The highest BCUT2D eigenvalue weighted by Gasteiger charge is 2.25. The molecule has 2 heterocycles. The monoisotopic (exact) mass is 374 g/mol. The molecule has 3 rings (SSSR count). The largest absolute Gasteiger partial charge is 0.494 e. The van der Waals surface area contributed by atoms with E-state index >= 15 is 0 Å². The van der Waals surface area contributed by atoms with Crippen LogP contribution in [0.2, 0.25) is 0 Å². The second-order valence-electron chi connectivity index (χ2n) is 6.13. The fraction of sp³-hybridized carbons (Fsp3) is 0.333. The van der Waals surface area contributed by atoms with Crippen molar-refractivity contribution in [3.63, 3.8) is 0 Å². The van der Waals surface area contributed by atoms with Gasteiger partial charge in [-0.1, -0.05) is 6.07 Å². The minimum atomic E-state index is -0.508. The van der Waals surface area contributed by atoms with E-state index in [0.29, 0.717) is 31.7 Å². The van der Waals surface area contributed by atoms with E-state index in [9.17, 15) is 18.8 Å². The summed E-state index contributed by atoms with van der Waals surface area (Å²) in [4.78, 5) is 39.0. The molecule has 27 heavy (non-hydrogen) atoms. The first-order valence-electron chi connectivity index (χ1n) is 8.43. The van der Waals surface area contributed by atoms with Crippen molar-refractivity contribution in [1.82, 2.24) is 20.0 Å². The highest BCUT2D eigenvalue weighted by Crippen LogP contribution is 2.18. The average Bonchev–Trinajstić information content (AvgIpc) is 2.68. The minimum absolute atomic E-state index is 0.0797. The van der Waals surface area contributed by atoms with Crippen molar-refractivity contribution in [3.8, 4) is 5.75 Å². The molecule has 1 aliphatic rings. The minimum Gasteiger partial charge on any atom is -0.494 e. The molecule has 2 amide bonds. The van der Waals surface area contributed by atoms with Gasteiger partial charge in [0.15, 0.2) is 11.6 Å². The molecule has 8 nitrogen and oxygen atoms in total. The predicted octanol–water partition coefficient (Wildman–Crippen LogP) is 0.445. The van der Waals surface area contributed by atoms with Gasteiger partial charge in [-0.25, -0.2) is 9.49 Å². The standard InChI is InChI=1S/C18H19FN4O4/c1-27-15-4-2-12(10-13(15)19)11-17(25)22-6-8-23(9-7-22)18(26)14-3-5-16(24)21-20-14/h2-5,10H,6-9,11H2,1H3,(H,21,24). The molecule has 0 bridgehead atoms. The number of nitrogens with zero attached hydrogens (tertiary/aromatic N) is 3. The molecule has 0 spiro atoms. The molecule has 1 N–H and O–H groups in total. The molecule has 9 heteroatoms. The van der Waals surface area contributed by atoms with Crippen molar-refractivity contribution in [1.29, 1.82) is 0 Å². The highest BCUT2D eigenvalue weighted by atomic mass is 19.1. The van der Waals surface area contributed by atoms with Crippen molar-refractivity contribution in [2.24, 2.45) is 0 Å². The number of H-pyrrole nitrogens is 1. The Morgan fingerprint density at radius 2 is 1.85 bits per heavy atom.